The van der Waals surface area contributed by atoms with Crippen molar-refractivity contribution in [1.29, 1.82) is 0 Å². The van der Waals surface area contributed by atoms with Gasteiger partial charge in [0.2, 0.25) is 5.91 Å². The Morgan fingerprint density at radius 2 is 1.96 bits per heavy atom. The molecule has 126 valence electrons. The normalized spacial score (nSPS) is 11.7. The molecule has 3 nitrogen and oxygen atoms in total. The third kappa shape index (κ3) is 5.06. The first-order valence-electron chi connectivity index (χ1n) is 6.98. The van der Waals surface area contributed by atoms with Gasteiger partial charge >= 0.3 is 6.18 Å². The second kappa shape index (κ2) is 7.44. The summed E-state index contributed by atoms with van der Waals surface area (Å²) in [6.07, 6.45) is -1.82. The molecule has 1 aromatic heterocycles. The monoisotopic (exact) mass is 353 g/mol. The Balaban J connectivity index is 2.07. The van der Waals surface area contributed by atoms with Crippen LogP contribution in [0.2, 0.25) is 0 Å². The summed E-state index contributed by atoms with van der Waals surface area (Å²) in [5.41, 5.74) is -0.459. The average Bonchev–Trinajstić information content (AvgIpc) is 2.99. The van der Waals surface area contributed by atoms with Crippen LogP contribution in [0, 0.1) is 0 Å². The topological polar surface area (TPSA) is 46.2 Å². The maximum absolute atomic E-state index is 12.6. The van der Waals surface area contributed by atoms with Crippen molar-refractivity contribution >= 4 is 29.1 Å². The quantitative estimate of drug-likeness (QED) is 0.643. The molecule has 2 aromatic rings. The highest BCUT2D eigenvalue weighted by atomic mass is 32.1. The highest BCUT2D eigenvalue weighted by Crippen LogP contribution is 2.29. The molecule has 1 aromatic carbocycles. The Kier molecular flexibility index (Phi) is 5.56. The van der Waals surface area contributed by atoms with E-state index in [1.807, 2.05) is 0 Å². The number of thiophene rings is 1. The number of nitrogens with one attached hydrogen (secondary N) is 1. The Bertz CT molecular complexity index is 778. The zero-order chi connectivity index (χ0) is 17.7. The van der Waals surface area contributed by atoms with Crippen LogP contribution in [0.25, 0.3) is 6.08 Å². The summed E-state index contributed by atoms with van der Waals surface area (Å²) in [7, 11) is 0. The molecule has 0 atom stereocenters. The van der Waals surface area contributed by atoms with E-state index in [0.29, 0.717) is 17.0 Å². The van der Waals surface area contributed by atoms with Crippen LogP contribution in [0.1, 0.15) is 32.6 Å². The van der Waals surface area contributed by atoms with Gasteiger partial charge in [-0.15, -0.1) is 11.3 Å². The molecular formula is C17H14F3NO2S. The van der Waals surface area contributed by atoms with Gasteiger partial charge in [0.25, 0.3) is 0 Å². The largest absolute Gasteiger partial charge is 0.416 e. The zero-order valence-electron chi connectivity index (χ0n) is 12.7. The Morgan fingerprint density at radius 1 is 1.21 bits per heavy atom. The molecule has 1 heterocycles. The van der Waals surface area contributed by atoms with E-state index in [0.717, 1.165) is 17.0 Å². The third-order valence-electron chi connectivity index (χ3n) is 3.06. The number of carbonyl (C=O) groups is 2. The van der Waals surface area contributed by atoms with Gasteiger partial charge in [-0.3, -0.25) is 9.59 Å². The average molecular weight is 353 g/mol. The molecule has 0 radical (unpaired) electrons. The van der Waals surface area contributed by atoms with Crippen LogP contribution in [0.4, 0.5) is 13.2 Å². The first-order valence-corrected chi connectivity index (χ1v) is 7.80. The number of hydrogen-bond acceptors (Lipinski definition) is 3. The van der Waals surface area contributed by atoms with Crippen molar-refractivity contribution in [3.63, 3.8) is 0 Å². The molecule has 7 heteroatoms. The maximum Gasteiger partial charge on any atom is 0.416 e. The summed E-state index contributed by atoms with van der Waals surface area (Å²) in [4.78, 5) is 24.2. The molecule has 0 fully saturated rings. The summed E-state index contributed by atoms with van der Waals surface area (Å²) in [5.74, 6) is -0.466. The first kappa shape index (κ1) is 17.9. The highest BCUT2D eigenvalue weighted by molar-refractivity contribution is 7.14. The molecule has 1 N–H and O–H groups in total. The fourth-order valence-corrected chi connectivity index (χ4v) is 2.76. The number of halogens is 3. The lowest BCUT2D eigenvalue weighted by Crippen LogP contribution is -2.18. The van der Waals surface area contributed by atoms with Gasteiger partial charge in [0.05, 0.1) is 17.0 Å². The van der Waals surface area contributed by atoms with Crippen molar-refractivity contribution in [3.8, 4) is 0 Å². The molecule has 0 saturated heterocycles. The Hall–Kier alpha value is -2.41. The van der Waals surface area contributed by atoms with Crippen molar-refractivity contribution in [2.24, 2.45) is 0 Å². The standard InChI is InChI=1S/C17H14F3NO2S/c1-11(22)21-10-14-6-8-16(24-14)15(23)7-5-12-3-2-4-13(9-12)17(18,19)20/h2-9H,10H2,1H3,(H,21,22)/b7-5+. The summed E-state index contributed by atoms with van der Waals surface area (Å²) in [5, 5.41) is 2.63. The number of alkyl halides is 3. The molecule has 2 rings (SSSR count). The minimum absolute atomic E-state index is 0.166. The van der Waals surface area contributed by atoms with Crippen molar-refractivity contribution in [2.45, 2.75) is 19.6 Å². The molecular weight excluding hydrogens is 339 g/mol. The van der Waals surface area contributed by atoms with E-state index < -0.39 is 11.7 Å². The lowest BCUT2D eigenvalue weighted by Gasteiger charge is -2.06. The van der Waals surface area contributed by atoms with Gasteiger partial charge in [-0.1, -0.05) is 18.2 Å². The van der Waals surface area contributed by atoms with Gasteiger partial charge in [0.15, 0.2) is 5.78 Å². The van der Waals surface area contributed by atoms with Crippen LogP contribution in [-0.4, -0.2) is 11.7 Å². The number of hydrogen-bond donors (Lipinski definition) is 1. The van der Waals surface area contributed by atoms with Gasteiger partial charge in [0, 0.05) is 11.8 Å². The van der Waals surface area contributed by atoms with Gasteiger partial charge in [0.1, 0.15) is 0 Å². The van der Waals surface area contributed by atoms with Crippen molar-refractivity contribution in [3.05, 3.63) is 63.4 Å². The van der Waals surface area contributed by atoms with E-state index in [9.17, 15) is 22.8 Å². The van der Waals surface area contributed by atoms with Gasteiger partial charge in [-0.2, -0.15) is 13.2 Å². The molecule has 0 unspecified atom stereocenters. The number of benzene rings is 1. The molecule has 0 aliphatic rings. The number of allylic oxidation sites excluding steroid dienone is 1. The molecule has 0 aliphatic heterocycles. The van der Waals surface area contributed by atoms with E-state index in [-0.39, 0.29) is 11.7 Å². The summed E-state index contributed by atoms with van der Waals surface area (Å²) >= 11 is 1.23. The summed E-state index contributed by atoms with van der Waals surface area (Å²) < 4.78 is 37.9. The maximum atomic E-state index is 12.6. The second-order valence-electron chi connectivity index (χ2n) is 5.00. The van der Waals surface area contributed by atoms with E-state index in [1.54, 1.807) is 12.1 Å². The van der Waals surface area contributed by atoms with Crippen LogP contribution in [-0.2, 0) is 17.5 Å². The summed E-state index contributed by atoms with van der Waals surface area (Å²) in [6, 6.07) is 8.11. The zero-order valence-corrected chi connectivity index (χ0v) is 13.5. The molecule has 0 bridgehead atoms. The minimum atomic E-state index is -4.42. The number of rotatable bonds is 5. The number of carbonyl (C=O) groups excluding carboxylic acids is 2. The van der Waals surface area contributed by atoms with E-state index in [1.165, 1.54) is 42.5 Å². The lowest BCUT2D eigenvalue weighted by molar-refractivity contribution is -0.137. The molecule has 24 heavy (non-hydrogen) atoms. The van der Waals surface area contributed by atoms with Crippen LogP contribution in [0.3, 0.4) is 0 Å². The summed E-state index contributed by atoms with van der Waals surface area (Å²) in [6.45, 7) is 1.74. The van der Waals surface area contributed by atoms with Crippen molar-refractivity contribution in [2.75, 3.05) is 0 Å². The van der Waals surface area contributed by atoms with E-state index >= 15 is 0 Å². The second-order valence-corrected chi connectivity index (χ2v) is 6.16. The van der Waals surface area contributed by atoms with Crippen LogP contribution >= 0.6 is 11.3 Å². The number of ketones is 1. The first-order chi connectivity index (χ1) is 11.3. The van der Waals surface area contributed by atoms with Crippen LogP contribution in [0.5, 0.6) is 0 Å². The fraction of sp³-hybridized carbons (Fsp3) is 0.176. The fourth-order valence-electron chi connectivity index (χ4n) is 1.89. The molecule has 0 saturated carbocycles. The predicted octanol–water partition coefficient (Wildman–Crippen LogP) is 4.30. The SMILES string of the molecule is CC(=O)NCc1ccc(C(=O)/C=C/c2cccc(C(F)(F)F)c2)s1. The molecule has 1 amide bonds. The molecule has 0 spiro atoms. The van der Waals surface area contributed by atoms with E-state index in [2.05, 4.69) is 5.32 Å². The Labute approximate surface area is 140 Å². The third-order valence-corrected chi connectivity index (χ3v) is 4.16. The molecule has 0 aliphatic carbocycles. The lowest BCUT2D eigenvalue weighted by atomic mass is 10.1. The predicted molar refractivity (Wildman–Crippen MR) is 86.6 cm³/mol. The van der Waals surface area contributed by atoms with Crippen molar-refractivity contribution < 1.29 is 22.8 Å². The van der Waals surface area contributed by atoms with Gasteiger partial charge < -0.3 is 5.32 Å². The number of amides is 1. The van der Waals surface area contributed by atoms with Crippen LogP contribution < -0.4 is 5.32 Å². The minimum Gasteiger partial charge on any atom is -0.351 e. The van der Waals surface area contributed by atoms with Gasteiger partial charge in [-0.25, -0.2) is 0 Å². The van der Waals surface area contributed by atoms with Crippen molar-refractivity contribution in [1.82, 2.24) is 5.32 Å². The highest BCUT2D eigenvalue weighted by Gasteiger charge is 2.30. The van der Waals surface area contributed by atoms with Gasteiger partial charge in [-0.05, 0) is 35.9 Å². The van der Waals surface area contributed by atoms with Crippen LogP contribution in [0.15, 0.2) is 42.5 Å². The smallest absolute Gasteiger partial charge is 0.351 e. The Morgan fingerprint density at radius 3 is 2.62 bits per heavy atom. The van der Waals surface area contributed by atoms with E-state index in [4.69, 9.17) is 0 Å².